The number of aryl methyl sites for hydroxylation is 1. The maximum absolute atomic E-state index is 5.68. The summed E-state index contributed by atoms with van der Waals surface area (Å²) < 4.78 is 7.56. The van der Waals surface area contributed by atoms with E-state index in [1.807, 2.05) is 31.0 Å². The van der Waals surface area contributed by atoms with E-state index < -0.39 is 0 Å². The van der Waals surface area contributed by atoms with Gasteiger partial charge >= 0.3 is 0 Å². The number of likely N-dealkylation sites (tertiary alicyclic amines) is 1. The Morgan fingerprint density at radius 3 is 2.71 bits per heavy atom. The number of rotatable bonds is 4. The van der Waals surface area contributed by atoms with E-state index in [4.69, 9.17) is 4.74 Å². The van der Waals surface area contributed by atoms with Crippen LogP contribution in [0.2, 0.25) is 0 Å². The Kier molecular flexibility index (Phi) is 8.02. The van der Waals surface area contributed by atoms with E-state index in [1.54, 1.807) is 0 Å². The van der Waals surface area contributed by atoms with Crippen molar-refractivity contribution in [1.82, 2.24) is 20.0 Å². The van der Waals surface area contributed by atoms with E-state index >= 15 is 0 Å². The maximum atomic E-state index is 5.68. The van der Waals surface area contributed by atoms with E-state index in [0.29, 0.717) is 6.10 Å². The average Bonchev–Trinajstić information content (AvgIpc) is 2.87. The van der Waals surface area contributed by atoms with Gasteiger partial charge in [-0.25, -0.2) is 0 Å². The number of nitrogens with one attached hydrogen (secondary N) is 1. The number of hydrogen-bond acceptors (Lipinski definition) is 3. The monoisotopic (exact) mass is 407 g/mol. The highest BCUT2D eigenvalue weighted by Gasteiger charge is 2.21. The van der Waals surface area contributed by atoms with Crippen LogP contribution in [0.1, 0.15) is 25.5 Å². The highest BCUT2D eigenvalue weighted by Crippen LogP contribution is 2.13. The van der Waals surface area contributed by atoms with E-state index in [1.165, 1.54) is 0 Å². The van der Waals surface area contributed by atoms with Gasteiger partial charge in [-0.15, -0.1) is 24.0 Å². The molecule has 120 valence electrons. The van der Waals surface area contributed by atoms with Crippen LogP contribution < -0.4 is 5.32 Å². The Morgan fingerprint density at radius 1 is 1.48 bits per heavy atom. The fourth-order valence-electron chi connectivity index (χ4n) is 2.55. The molecule has 2 heterocycles. The standard InChI is InChI=1S/C14H25N5O.HI/c1-4-20-13-6-9-19(10-7-13)14(15-2)16-11-12-5-8-17-18(12)3;/h5,8,13H,4,6-7,9-11H2,1-3H3,(H,15,16);1H. The summed E-state index contributed by atoms with van der Waals surface area (Å²) in [7, 11) is 3.79. The summed E-state index contributed by atoms with van der Waals surface area (Å²) in [5, 5.41) is 7.57. The lowest BCUT2D eigenvalue weighted by Gasteiger charge is -2.34. The molecule has 6 nitrogen and oxygen atoms in total. The molecule has 0 spiro atoms. The number of hydrogen-bond donors (Lipinski definition) is 1. The van der Waals surface area contributed by atoms with Crippen LogP contribution in [0.4, 0.5) is 0 Å². The summed E-state index contributed by atoms with van der Waals surface area (Å²) in [6.07, 6.45) is 4.36. The first-order valence-corrected chi connectivity index (χ1v) is 7.28. The van der Waals surface area contributed by atoms with Gasteiger partial charge in [0.2, 0.25) is 0 Å². The van der Waals surface area contributed by atoms with Crippen LogP contribution in [0.15, 0.2) is 17.3 Å². The molecule has 21 heavy (non-hydrogen) atoms. The normalized spacial score (nSPS) is 16.7. The minimum atomic E-state index is 0. The first-order valence-electron chi connectivity index (χ1n) is 7.28. The number of piperidine rings is 1. The maximum Gasteiger partial charge on any atom is 0.193 e. The number of aromatic nitrogens is 2. The van der Waals surface area contributed by atoms with Crippen molar-refractivity contribution in [2.45, 2.75) is 32.4 Å². The number of guanidine groups is 1. The van der Waals surface area contributed by atoms with Crippen molar-refractivity contribution in [3.8, 4) is 0 Å². The quantitative estimate of drug-likeness (QED) is 0.468. The Bertz CT molecular complexity index is 440. The van der Waals surface area contributed by atoms with Crippen molar-refractivity contribution in [3.05, 3.63) is 18.0 Å². The number of nitrogens with zero attached hydrogens (tertiary/aromatic N) is 4. The van der Waals surface area contributed by atoms with E-state index in [0.717, 1.165) is 50.7 Å². The predicted molar refractivity (Wildman–Crippen MR) is 95.0 cm³/mol. The lowest BCUT2D eigenvalue weighted by Crippen LogP contribution is -2.46. The Hall–Kier alpha value is -0.830. The van der Waals surface area contributed by atoms with Crippen LogP contribution in [0.3, 0.4) is 0 Å². The van der Waals surface area contributed by atoms with E-state index in [9.17, 15) is 0 Å². The topological polar surface area (TPSA) is 54.7 Å². The molecule has 1 aliphatic heterocycles. The Labute approximate surface area is 144 Å². The van der Waals surface area contributed by atoms with Gasteiger partial charge in [-0.05, 0) is 25.8 Å². The highest BCUT2D eigenvalue weighted by atomic mass is 127. The lowest BCUT2D eigenvalue weighted by molar-refractivity contribution is 0.0263. The van der Waals surface area contributed by atoms with Gasteiger partial charge < -0.3 is 15.0 Å². The third-order valence-electron chi connectivity index (χ3n) is 3.71. The third-order valence-corrected chi connectivity index (χ3v) is 3.71. The Balaban J connectivity index is 0.00000220. The zero-order chi connectivity index (χ0) is 14.4. The molecule has 0 atom stereocenters. The molecule has 1 aromatic rings. The van der Waals surface area contributed by atoms with Gasteiger partial charge in [-0.1, -0.05) is 0 Å². The third kappa shape index (κ3) is 5.14. The molecule has 1 fully saturated rings. The van der Waals surface area contributed by atoms with Crippen LogP contribution in [0.25, 0.3) is 0 Å². The van der Waals surface area contributed by atoms with Crippen molar-refractivity contribution >= 4 is 29.9 Å². The second-order valence-electron chi connectivity index (χ2n) is 4.99. The molecule has 1 aromatic heterocycles. The molecule has 1 aliphatic rings. The Morgan fingerprint density at radius 2 is 2.19 bits per heavy atom. The van der Waals surface area contributed by atoms with Crippen molar-refractivity contribution in [2.24, 2.45) is 12.0 Å². The van der Waals surface area contributed by atoms with Gasteiger partial charge in [0.1, 0.15) is 0 Å². The summed E-state index contributed by atoms with van der Waals surface area (Å²) >= 11 is 0. The summed E-state index contributed by atoms with van der Waals surface area (Å²) in [6.45, 7) is 5.60. The minimum Gasteiger partial charge on any atom is -0.378 e. The van der Waals surface area contributed by atoms with Crippen molar-refractivity contribution in [3.63, 3.8) is 0 Å². The van der Waals surface area contributed by atoms with Gasteiger partial charge in [0, 0.05) is 40.0 Å². The van der Waals surface area contributed by atoms with Crippen molar-refractivity contribution < 1.29 is 4.74 Å². The summed E-state index contributed by atoms with van der Waals surface area (Å²) in [4.78, 5) is 6.67. The molecule has 1 N–H and O–H groups in total. The van der Waals surface area contributed by atoms with Crippen LogP contribution >= 0.6 is 24.0 Å². The zero-order valence-electron chi connectivity index (χ0n) is 13.1. The highest BCUT2D eigenvalue weighted by molar-refractivity contribution is 14.0. The first-order chi connectivity index (χ1) is 9.74. The largest absolute Gasteiger partial charge is 0.378 e. The molecule has 0 unspecified atom stereocenters. The molecule has 0 radical (unpaired) electrons. The smallest absolute Gasteiger partial charge is 0.193 e. The summed E-state index contributed by atoms with van der Waals surface area (Å²) in [6, 6.07) is 2.02. The van der Waals surface area contributed by atoms with Gasteiger partial charge in [0.25, 0.3) is 0 Å². The van der Waals surface area contributed by atoms with Crippen molar-refractivity contribution in [2.75, 3.05) is 26.7 Å². The summed E-state index contributed by atoms with van der Waals surface area (Å²) in [5.74, 6) is 0.959. The van der Waals surface area contributed by atoms with Gasteiger partial charge in [-0.2, -0.15) is 5.10 Å². The number of halogens is 1. The van der Waals surface area contributed by atoms with Crippen molar-refractivity contribution in [1.29, 1.82) is 0 Å². The van der Waals surface area contributed by atoms with Crippen LogP contribution in [0, 0.1) is 0 Å². The fourth-order valence-corrected chi connectivity index (χ4v) is 2.55. The summed E-state index contributed by atoms with van der Waals surface area (Å²) in [5.41, 5.74) is 1.15. The average molecular weight is 407 g/mol. The predicted octanol–water partition coefficient (Wildman–Crippen LogP) is 1.61. The molecule has 2 rings (SSSR count). The van der Waals surface area contributed by atoms with E-state index in [2.05, 4.69) is 27.2 Å². The van der Waals surface area contributed by atoms with Gasteiger partial charge in [0.05, 0.1) is 18.3 Å². The van der Waals surface area contributed by atoms with Crippen LogP contribution in [-0.4, -0.2) is 53.5 Å². The van der Waals surface area contributed by atoms with Crippen LogP contribution in [-0.2, 0) is 18.3 Å². The second kappa shape index (κ2) is 9.24. The van der Waals surface area contributed by atoms with Gasteiger partial charge in [-0.3, -0.25) is 9.67 Å². The molecule has 0 aliphatic carbocycles. The number of aliphatic imine (C=N–C) groups is 1. The van der Waals surface area contributed by atoms with E-state index in [-0.39, 0.29) is 24.0 Å². The lowest BCUT2D eigenvalue weighted by atomic mass is 10.1. The molecule has 0 saturated carbocycles. The molecule has 1 saturated heterocycles. The van der Waals surface area contributed by atoms with Crippen LogP contribution in [0.5, 0.6) is 0 Å². The molecular formula is C14H26IN5O. The zero-order valence-corrected chi connectivity index (χ0v) is 15.4. The molecular weight excluding hydrogens is 381 g/mol. The minimum absolute atomic E-state index is 0. The fraction of sp³-hybridized carbons (Fsp3) is 0.714. The molecule has 0 amide bonds. The SMILES string of the molecule is CCOC1CCN(C(=NC)NCc2ccnn2C)CC1.I. The number of ether oxygens (including phenoxy) is 1. The second-order valence-corrected chi connectivity index (χ2v) is 4.99. The molecule has 0 aromatic carbocycles. The molecule has 0 bridgehead atoms. The molecule has 7 heteroatoms. The van der Waals surface area contributed by atoms with Gasteiger partial charge in [0.15, 0.2) is 5.96 Å². The first kappa shape index (κ1) is 18.2.